The molecule has 148 valence electrons. The second kappa shape index (κ2) is 8.80. The maximum Gasteiger partial charge on any atom is 0.338 e. The minimum Gasteiger partial charge on any atom is -0.493 e. The van der Waals surface area contributed by atoms with E-state index in [4.69, 9.17) is 18.9 Å². The monoisotopic (exact) mass is 394 g/mol. The lowest BCUT2D eigenvalue weighted by molar-refractivity contribution is -0.112. The molecule has 2 aromatic carbocycles. The van der Waals surface area contributed by atoms with Gasteiger partial charge in [0, 0.05) is 5.69 Å². The summed E-state index contributed by atoms with van der Waals surface area (Å²) in [4.78, 5) is 24.2. The Morgan fingerprint density at radius 3 is 2.66 bits per heavy atom. The molecule has 8 heteroatoms. The van der Waals surface area contributed by atoms with Gasteiger partial charge in [-0.3, -0.25) is 4.79 Å². The minimum atomic E-state index is -0.590. The van der Waals surface area contributed by atoms with Gasteiger partial charge in [-0.05, 0) is 55.0 Å². The van der Waals surface area contributed by atoms with Gasteiger partial charge in [0.2, 0.25) is 12.5 Å². The van der Waals surface area contributed by atoms with E-state index in [9.17, 15) is 14.9 Å². The molecule has 2 aromatic rings. The normalized spacial score (nSPS) is 12.1. The van der Waals surface area contributed by atoms with Crippen LogP contribution in [0.25, 0.3) is 6.08 Å². The third-order valence-corrected chi connectivity index (χ3v) is 4.01. The van der Waals surface area contributed by atoms with Crippen molar-refractivity contribution in [2.24, 2.45) is 0 Å². The lowest BCUT2D eigenvalue weighted by atomic mass is 10.1. The van der Waals surface area contributed by atoms with E-state index in [2.05, 4.69) is 5.32 Å². The number of nitriles is 1. The average molecular weight is 394 g/mol. The van der Waals surface area contributed by atoms with Gasteiger partial charge < -0.3 is 24.3 Å². The van der Waals surface area contributed by atoms with E-state index >= 15 is 0 Å². The Kier molecular flexibility index (Phi) is 6.00. The number of carbonyl (C=O) groups excluding carboxylic acids is 2. The summed E-state index contributed by atoms with van der Waals surface area (Å²) in [5.41, 5.74) is 1.25. The Morgan fingerprint density at radius 2 is 2.00 bits per heavy atom. The molecule has 0 saturated carbocycles. The molecule has 0 unspecified atom stereocenters. The summed E-state index contributed by atoms with van der Waals surface area (Å²) >= 11 is 0. The number of ether oxygens (including phenoxy) is 4. The number of hydrogen-bond acceptors (Lipinski definition) is 7. The fourth-order valence-electron chi connectivity index (χ4n) is 2.65. The minimum absolute atomic E-state index is 0.0756. The van der Waals surface area contributed by atoms with E-state index in [0.717, 1.165) is 0 Å². The molecule has 8 nitrogen and oxygen atoms in total. The molecular weight excluding hydrogens is 376 g/mol. The van der Waals surface area contributed by atoms with Crippen LogP contribution in [0.4, 0.5) is 5.69 Å². The summed E-state index contributed by atoms with van der Waals surface area (Å²) in [5.74, 6) is 0.364. The number of carbonyl (C=O) groups is 2. The van der Waals surface area contributed by atoms with Crippen LogP contribution in [0.3, 0.4) is 0 Å². The first kappa shape index (κ1) is 19.8. The number of methoxy groups -OCH3 is 1. The van der Waals surface area contributed by atoms with Gasteiger partial charge in [-0.2, -0.15) is 5.26 Å². The highest BCUT2D eigenvalue weighted by Gasteiger charge is 2.20. The van der Waals surface area contributed by atoms with Crippen molar-refractivity contribution in [1.82, 2.24) is 0 Å². The second-order valence-electron chi connectivity index (χ2n) is 5.88. The van der Waals surface area contributed by atoms with Gasteiger partial charge in [0.05, 0.1) is 19.3 Å². The van der Waals surface area contributed by atoms with Crippen LogP contribution < -0.4 is 19.5 Å². The molecule has 1 heterocycles. The number of nitrogens with zero attached hydrogens (tertiary/aromatic N) is 1. The number of amides is 1. The Bertz CT molecular complexity index is 1010. The van der Waals surface area contributed by atoms with Crippen LogP contribution >= 0.6 is 0 Å². The highest BCUT2D eigenvalue weighted by atomic mass is 16.7. The molecular formula is C21H18N2O6. The molecule has 29 heavy (non-hydrogen) atoms. The van der Waals surface area contributed by atoms with Crippen LogP contribution in [0.1, 0.15) is 22.8 Å². The van der Waals surface area contributed by atoms with Crippen molar-refractivity contribution in [1.29, 1.82) is 5.26 Å². The predicted molar refractivity (Wildman–Crippen MR) is 104 cm³/mol. The zero-order chi connectivity index (χ0) is 20.8. The van der Waals surface area contributed by atoms with Crippen molar-refractivity contribution in [2.75, 3.05) is 25.8 Å². The number of esters is 1. The van der Waals surface area contributed by atoms with Gasteiger partial charge in [0.1, 0.15) is 11.6 Å². The quantitative estimate of drug-likeness (QED) is 0.456. The van der Waals surface area contributed by atoms with Crippen LogP contribution in [0.5, 0.6) is 17.2 Å². The molecule has 1 aliphatic heterocycles. The van der Waals surface area contributed by atoms with Crippen molar-refractivity contribution in [3.8, 4) is 23.3 Å². The van der Waals surface area contributed by atoms with Gasteiger partial charge in [-0.1, -0.05) is 0 Å². The lowest BCUT2D eigenvalue weighted by Gasteiger charge is -2.07. The van der Waals surface area contributed by atoms with Gasteiger partial charge in [0.25, 0.3) is 5.91 Å². The summed E-state index contributed by atoms with van der Waals surface area (Å²) in [5, 5.41) is 12.0. The van der Waals surface area contributed by atoms with E-state index in [0.29, 0.717) is 34.1 Å². The number of anilines is 1. The highest BCUT2D eigenvalue weighted by Crippen LogP contribution is 2.42. The van der Waals surface area contributed by atoms with Crippen molar-refractivity contribution >= 4 is 23.6 Å². The van der Waals surface area contributed by atoms with Gasteiger partial charge in [-0.25, -0.2) is 4.79 Å². The molecule has 0 saturated heterocycles. The number of rotatable bonds is 6. The molecule has 0 aromatic heterocycles. The third-order valence-electron chi connectivity index (χ3n) is 4.01. The Balaban J connectivity index is 1.77. The zero-order valence-electron chi connectivity index (χ0n) is 15.9. The maximum atomic E-state index is 12.5. The van der Waals surface area contributed by atoms with E-state index in [1.54, 1.807) is 31.2 Å². The van der Waals surface area contributed by atoms with Crippen LogP contribution in [0, 0.1) is 11.3 Å². The fourth-order valence-corrected chi connectivity index (χ4v) is 2.65. The number of fused-ring (bicyclic) bond motifs is 1. The second-order valence-corrected chi connectivity index (χ2v) is 5.88. The number of nitrogens with one attached hydrogen (secondary N) is 1. The Labute approximate surface area is 167 Å². The van der Waals surface area contributed by atoms with Crippen molar-refractivity contribution < 1.29 is 28.5 Å². The van der Waals surface area contributed by atoms with E-state index in [1.165, 1.54) is 25.3 Å². The third kappa shape index (κ3) is 4.47. The smallest absolute Gasteiger partial charge is 0.338 e. The molecule has 1 aliphatic rings. The molecule has 0 bridgehead atoms. The maximum absolute atomic E-state index is 12.5. The molecule has 0 atom stereocenters. The standard InChI is InChI=1S/C21H18N2O6/c1-3-27-21(25)14-4-6-16(7-5-14)23-20(24)15(11-22)8-13-9-17(26-2)19-18(10-13)28-12-29-19/h4-10H,3,12H2,1-2H3,(H,23,24)/b15-8+. The number of hydrogen-bond donors (Lipinski definition) is 1. The molecule has 0 aliphatic carbocycles. The van der Waals surface area contributed by atoms with Crippen molar-refractivity contribution in [3.05, 3.63) is 53.1 Å². The summed E-state index contributed by atoms with van der Waals surface area (Å²) < 4.78 is 20.9. The van der Waals surface area contributed by atoms with Gasteiger partial charge in [0.15, 0.2) is 11.5 Å². The molecule has 3 rings (SSSR count). The van der Waals surface area contributed by atoms with Gasteiger partial charge in [-0.15, -0.1) is 0 Å². The zero-order valence-corrected chi connectivity index (χ0v) is 15.9. The molecule has 0 spiro atoms. The first-order valence-corrected chi connectivity index (χ1v) is 8.73. The van der Waals surface area contributed by atoms with Crippen LogP contribution in [-0.2, 0) is 9.53 Å². The fraction of sp³-hybridized carbons (Fsp3) is 0.190. The molecule has 0 radical (unpaired) electrons. The summed E-state index contributed by atoms with van der Waals surface area (Å²) in [6.07, 6.45) is 1.42. The largest absolute Gasteiger partial charge is 0.493 e. The molecule has 0 fully saturated rings. The van der Waals surface area contributed by atoms with Crippen LogP contribution in [0.15, 0.2) is 42.0 Å². The Hall–Kier alpha value is -3.99. The van der Waals surface area contributed by atoms with Gasteiger partial charge >= 0.3 is 5.97 Å². The van der Waals surface area contributed by atoms with E-state index in [-0.39, 0.29) is 19.0 Å². The van der Waals surface area contributed by atoms with Crippen molar-refractivity contribution in [2.45, 2.75) is 6.92 Å². The molecule has 1 amide bonds. The lowest BCUT2D eigenvalue weighted by Crippen LogP contribution is -2.13. The average Bonchev–Trinajstić information content (AvgIpc) is 3.20. The topological polar surface area (TPSA) is 107 Å². The summed E-state index contributed by atoms with van der Waals surface area (Å²) in [7, 11) is 1.49. The predicted octanol–water partition coefficient (Wildman–Crippen LogP) is 3.15. The van der Waals surface area contributed by atoms with Crippen LogP contribution in [0.2, 0.25) is 0 Å². The van der Waals surface area contributed by atoms with Crippen molar-refractivity contribution in [3.63, 3.8) is 0 Å². The van der Waals surface area contributed by atoms with E-state index in [1.807, 2.05) is 6.07 Å². The first-order valence-electron chi connectivity index (χ1n) is 8.73. The number of benzene rings is 2. The van der Waals surface area contributed by atoms with Crippen LogP contribution in [-0.4, -0.2) is 32.4 Å². The Morgan fingerprint density at radius 1 is 1.24 bits per heavy atom. The first-order chi connectivity index (χ1) is 14.0. The summed E-state index contributed by atoms with van der Waals surface area (Å²) in [6.45, 7) is 2.07. The molecule has 1 N–H and O–H groups in total. The highest BCUT2D eigenvalue weighted by molar-refractivity contribution is 6.09. The summed E-state index contributed by atoms with van der Waals surface area (Å²) in [6, 6.07) is 11.4. The SMILES string of the molecule is CCOC(=O)c1ccc(NC(=O)/C(C#N)=C/c2cc(OC)c3c(c2)OCO3)cc1. The van der Waals surface area contributed by atoms with E-state index < -0.39 is 11.9 Å².